The highest BCUT2D eigenvalue weighted by atomic mass is 32.2. The number of amides is 1. The first-order chi connectivity index (χ1) is 10.5. The minimum absolute atomic E-state index is 0.0863. The second kappa shape index (κ2) is 6.19. The maximum Gasteiger partial charge on any atom is 0.352 e. The van der Waals surface area contributed by atoms with E-state index < -0.39 is 12.0 Å². The van der Waals surface area contributed by atoms with Crippen LogP contribution in [0.5, 0.6) is 0 Å². The van der Waals surface area contributed by atoms with Crippen LogP contribution in [0.15, 0.2) is 15.6 Å². The van der Waals surface area contributed by atoms with Gasteiger partial charge in [0.05, 0.1) is 0 Å². The molecule has 0 spiro atoms. The summed E-state index contributed by atoms with van der Waals surface area (Å²) in [5, 5.41) is 9.19. The molecule has 1 aromatic heterocycles. The van der Waals surface area contributed by atoms with Crippen LogP contribution in [0.2, 0.25) is 0 Å². The lowest BCUT2D eigenvalue weighted by atomic mass is 10.0. The summed E-state index contributed by atoms with van der Waals surface area (Å²) in [5.41, 5.74) is 6.53. The average molecular weight is 358 g/mol. The van der Waals surface area contributed by atoms with Gasteiger partial charge >= 0.3 is 5.97 Å². The predicted octanol–water partition coefficient (Wildman–Crippen LogP) is 0.774. The lowest BCUT2D eigenvalue weighted by Gasteiger charge is -2.48. The monoisotopic (exact) mass is 358 g/mol. The van der Waals surface area contributed by atoms with E-state index in [4.69, 9.17) is 5.73 Å². The molecule has 3 rings (SSSR count). The number of aryl methyl sites for hydroxylation is 1. The first-order valence-electron chi connectivity index (χ1n) is 6.64. The van der Waals surface area contributed by atoms with Crippen LogP contribution in [-0.4, -0.2) is 54.2 Å². The maximum atomic E-state index is 11.8. The van der Waals surface area contributed by atoms with Crippen molar-refractivity contribution in [2.45, 2.75) is 29.1 Å². The Bertz CT molecular complexity index is 660. The van der Waals surface area contributed by atoms with Gasteiger partial charge in [0.15, 0.2) is 4.34 Å². The molecule has 0 saturated carbocycles. The number of hydrogen-bond acceptors (Lipinski definition) is 8. The van der Waals surface area contributed by atoms with E-state index in [0.717, 1.165) is 22.2 Å². The number of aliphatic carboxylic acids is 1. The molecule has 2 aliphatic heterocycles. The molecule has 1 unspecified atom stereocenters. The van der Waals surface area contributed by atoms with Gasteiger partial charge < -0.3 is 10.8 Å². The number of carbonyl (C=O) groups excluding carboxylic acids is 1. The third kappa shape index (κ3) is 2.64. The number of aromatic nitrogens is 2. The van der Waals surface area contributed by atoms with Crippen molar-refractivity contribution in [3.8, 4) is 0 Å². The number of carboxylic acid groups (broad SMARTS) is 1. The standard InChI is InChI=1S/C12H14N4O3S3/c1-2-6-14-12(22-15-6)21-4-5-3-20-10-7(13)9(17)16(10)8(5)11(18)19/h7,10H,2-4,13H2,1H3,(H,18,19)/t7?,10-/m0/s1. The number of carboxylic acids is 1. The summed E-state index contributed by atoms with van der Waals surface area (Å²) in [6, 6.07) is -0.594. The molecule has 3 heterocycles. The second-order valence-corrected chi connectivity index (χ2v) is 7.89. The molecule has 1 fully saturated rings. The predicted molar refractivity (Wildman–Crippen MR) is 85.7 cm³/mol. The number of fused-ring (bicyclic) bond motifs is 1. The minimum Gasteiger partial charge on any atom is -0.477 e. The van der Waals surface area contributed by atoms with Crippen molar-refractivity contribution in [2.75, 3.05) is 11.5 Å². The molecule has 1 saturated heterocycles. The van der Waals surface area contributed by atoms with Crippen molar-refractivity contribution in [3.63, 3.8) is 0 Å². The van der Waals surface area contributed by atoms with E-state index in [0.29, 0.717) is 11.5 Å². The van der Waals surface area contributed by atoms with Gasteiger partial charge in [-0.3, -0.25) is 9.69 Å². The van der Waals surface area contributed by atoms with Crippen LogP contribution in [-0.2, 0) is 16.0 Å². The Hall–Kier alpha value is -1.10. The number of hydrogen-bond donors (Lipinski definition) is 2. The fraction of sp³-hybridized carbons (Fsp3) is 0.500. The van der Waals surface area contributed by atoms with E-state index in [1.54, 1.807) is 0 Å². The number of nitrogens with zero attached hydrogens (tertiary/aromatic N) is 3. The molecule has 7 nitrogen and oxygen atoms in total. The van der Waals surface area contributed by atoms with Crippen LogP contribution in [0, 0.1) is 0 Å². The topological polar surface area (TPSA) is 109 Å². The summed E-state index contributed by atoms with van der Waals surface area (Å²) in [5.74, 6) is 0.449. The van der Waals surface area contributed by atoms with Crippen molar-refractivity contribution in [2.24, 2.45) is 5.73 Å². The Labute approximate surface area is 139 Å². The molecule has 0 aromatic carbocycles. The number of β-lactam (4-membered cyclic amide) rings is 1. The smallest absolute Gasteiger partial charge is 0.352 e. The van der Waals surface area contributed by atoms with E-state index in [9.17, 15) is 14.7 Å². The number of thioether (sulfide) groups is 2. The van der Waals surface area contributed by atoms with Gasteiger partial charge in [-0.15, -0.1) is 11.8 Å². The molecule has 1 aromatic rings. The van der Waals surface area contributed by atoms with Gasteiger partial charge in [-0.05, 0) is 17.1 Å². The van der Waals surface area contributed by atoms with Crippen molar-refractivity contribution in [1.29, 1.82) is 0 Å². The van der Waals surface area contributed by atoms with Crippen LogP contribution in [0.4, 0.5) is 0 Å². The normalized spacial score (nSPS) is 24.3. The molecule has 2 atom stereocenters. The molecule has 0 aliphatic carbocycles. The highest BCUT2D eigenvalue weighted by Crippen LogP contribution is 2.40. The number of carbonyl (C=O) groups is 2. The van der Waals surface area contributed by atoms with Crippen molar-refractivity contribution in [3.05, 3.63) is 17.1 Å². The van der Waals surface area contributed by atoms with Crippen molar-refractivity contribution < 1.29 is 14.7 Å². The lowest BCUT2D eigenvalue weighted by Crippen LogP contribution is -2.68. The van der Waals surface area contributed by atoms with Gasteiger partial charge in [-0.2, -0.15) is 4.37 Å². The molecule has 2 aliphatic rings. The van der Waals surface area contributed by atoms with Gasteiger partial charge in [-0.25, -0.2) is 9.78 Å². The molecule has 1 amide bonds. The summed E-state index contributed by atoms with van der Waals surface area (Å²) in [6.07, 6.45) is 0.776. The molecule has 3 N–H and O–H groups in total. The summed E-state index contributed by atoms with van der Waals surface area (Å²) in [6.45, 7) is 1.98. The highest BCUT2D eigenvalue weighted by Gasteiger charge is 2.51. The SMILES string of the molecule is CCc1nsc(SCC2=C(C(=O)O)N3C(=O)C(N)[C@@H]3SC2)n1. The Morgan fingerprint density at radius 1 is 1.59 bits per heavy atom. The summed E-state index contributed by atoms with van der Waals surface area (Å²) < 4.78 is 5.02. The second-order valence-electron chi connectivity index (χ2n) is 4.81. The van der Waals surface area contributed by atoms with E-state index in [1.807, 2.05) is 6.92 Å². The molecule has 0 radical (unpaired) electrons. The molecular formula is C12H14N4O3S3. The zero-order valence-electron chi connectivity index (χ0n) is 11.7. The van der Waals surface area contributed by atoms with Crippen LogP contribution in [0.1, 0.15) is 12.7 Å². The van der Waals surface area contributed by atoms with Gasteiger partial charge in [0.25, 0.3) is 0 Å². The van der Waals surface area contributed by atoms with E-state index in [1.165, 1.54) is 40.0 Å². The van der Waals surface area contributed by atoms with Gasteiger partial charge in [-0.1, -0.05) is 18.7 Å². The molecule has 0 bridgehead atoms. The first-order valence-corrected chi connectivity index (χ1v) is 9.44. The van der Waals surface area contributed by atoms with Crippen LogP contribution in [0.3, 0.4) is 0 Å². The molecular weight excluding hydrogens is 344 g/mol. The maximum absolute atomic E-state index is 11.8. The van der Waals surface area contributed by atoms with Crippen LogP contribution < -0.4 is 5.73 Å². The summed E-state index contributed by atoms with van der Waals surface area (Å²) in [4.78, 5) is 29.0. The van der Waals surface area contributed by atoms with E-state index in [2.05, 4.69) is 9.36 Å². The summed E-state index contributed by atoms with van der Waals surface area (Å²) >= 11 is 4.28. The summed E-state index contributed by atoms with van der Waals surface area (Å²) in [7, 11) is 0. The molecule has 22 heavy (non-hydrogen) atoms. The number of nitrogens with two attached hydrogens (primary N) is 1. The van der Waals surface area contributed by atoms with Crippen LogP contribution in [0.25, 0.3) is 0 Å². The lowest BCUT2D eigenvalue weighted by molar-refractivity contribution is -0.147. The first kappa shape index (κ1) is 15.8. The van der Waals surface area contributed by atoms with E-state index in [-0.39, 0.29) is 17.0 Å². The fourth-order valence-electron chi connectivity index (χ4n) is 2.28. The zero-order chi connectivity index (χ0) is 15.9. The largest absolute Gasteiger partial charge is 0.477 e. The van der Waals surface area contributed by atoms with Crippen molar-refractivity contribution >= 4 is 46.9 Å². The molecule has 118 valence electrons. The van der Waals surface area contributed by atoms with Gasteiger partial charge in [0.1, 0.15) is 22.9 Å². The van der Waals surface area contributed by atoms with Crippen LogP contribution >= 0.6 is 35.1 Å². The number of rotatable bonds is 5. The van der Waals surface area contributed by atoms with Gasteiger partial charge in [0.2, 0.25) is 5.91 Å². The Morgan fingerprint density at radius 3 is 3.00 bits per heavy atom. The fourth-order valence-corrected chi connectivity index (χ4v) is 5.41. The molecule has 10 heteroatoms. The Balaban J connectivity index is 1.78. The van der Waals surface area contributed by atoms with Crippen molar-refractivity contribution in [1.82, 2.24) is 14.3 Å². The quantitative estimate of drug-likeness (QED) is 0.587. The zero-order valence-corrected chi connectivity index (χ0v) is 14.1. The average Bonchev–Trinajstić information content (AvgIpc) is 2.99. The Kier molecular flexibility index (Phi) is 4.44. The Morgan fingerprint density at radius 2 is 2.36 bits per heavy atom. The third-order valence-electron chi connectivity index (χ3n) is 3.43. The van der Waals surface area contributed by atoms with Gasteiger partial charge in [0, 0.05) is 17.9 Å². The highest BCUT2D eigenvalue weighted by molar-refractivity contribution is 8.01. The third-order valence-corrected chi connectivity index (χ3v) is 6.74. The minimum atomic E-state index is -1.08. The van der Waals surface area contributed by atoms with E-state index >= 15 is 0 Å².